The standard InChI is InChI=1S/C16H11FN6OS2/c17-8-2-1-3-10-11(8)21-14(26-10)13-12-9(18-6-19-12)4-5-23(13)16(24)15-22-20-7-25-15/h1-3,6-7,13H,4-5H2,(H,18,19)/t13-/m0/s1. The highest BCUT2D eigenvalue weighted by Gasteiger charge is 2.37. The lowest BCUT2D eigenvalue weighted by atomic mass is 10.0. The van der Waals surface area contributed by atoms with E-state index in [-0.39, 0.29) is 11.7 Å². The first-order valence-electron chi connectivity index (χ1n) is 7.86. The Balaban J connectivity index is 1.66. The number of halogens is 1. The molecule has 7 nitrogen and oxygen atoms in total. The number of thiazole rings is 1. The number of fused-ring (bicyclic) bond motifs is 2. The number of benzene rings is 1. The summed E-state index contributed by atoms with van der Waals surface area (Å²) in [5.74, 6) is -0.587. The van der Waals surface area contributed by atoms with Crippen molar-refractivity contribution in [3.63, 3.8) is 0 Å². The quantitative estimate of drug-likeness (QED) is 0.572. The van der Waals surface area contributed by atoms with E-state index >= 15 is 0 Å². The molecule has 130 valence electrons. The lowest BCUT2D eigenvalue weighted by Crippen LogP contribution is -2.40. The molecule has 0 spiro atoms. The topological polar surface area (TPSA) is 87.7 Å². The van der Waals surface area contributed by atoms with E-state index in [1.807, 2.05) is 6.07 Å². The average molecular weight is 386 g/mol. The molecule has 0 radical (unpaired) electrons. The molecule has 10 heteroatoms. The van der Waals surface area contributed by atoms with Crippen molar-refractivity contribution in [2.75, 3.05) is 6.54 Å². The number of nitrogens with one attached hydrogen (secondary N) is 1. The second-order valence-corrected chi connectivity index (χ2v) is 7.70. The van der Waals surface area contributed by atoms with E-state index in [0.29, 0.717) is 28.5 Å². The summed E-state index contributed by atoms with van der Waals surface area (Å²) in [5.41, 5.74) is 3.56. The molecule has 1 atom stereocenters. The van der Waals surface area contributed by atoms with E-state index in [2.05, 4.69) is 25.1 Å². The molecule has 5 rings (SSSR count). The van der Waals surface area contributed by atoms with Gasteiger partial charge in [0.2, 0.25) is 5.01 Å². The molecule has 0 fully saturated rings. The number of nitrogens with zero attached hydrogens (tertiary/aromatic N) is 5. The van der Waals surface area contributed by atoms with E-state index in [0.717, 1.165) is 16.1 Å². The summed E-state index contributed by atoms with van der Waals surface area (Å²) >= 11 is 2.57. The number of aromatic amines is 1. The summed E-state index contributed by atoms with van der Waals surface area (Å²) in [6.07, 6.45) is 2.28. The zero-order chi connectivity index (χ0) is 17.7. The Labute approximate surface area is 154 Å². The van der Waals surface area contributed by atoms with Crippen molar-refractivity contribution < 1.29 is 9.18 Å². The van der Waals surface area contributed by atoms with Gasteiger partial charge in [0.1, 0.15) is 27.9 Å². The number of imidazole rings is 1. The fourth-order valence-corrected chi connectivity index (χ4v) is 4.79. The van der Waals surface area contributed by atoms with Crippen LogP contribution in [0.4, 0.5) is 4.39 Å². The molecule has 1 aliphatic heterocycles. The predicted molar refractivity (Wildman–Crippen MR) is 94.7 cm³/mol. The number of carbonyl (C=O) groups is 1. The van der Waals surface area contributed by atoms with Crippen LogP contribution in [-0.4, -0.2) is 42.5 Å². The number of para-hydroxylation sites is 1. The Bertz CT molecular complexity index is 1110. The van der Waals surface area contributed by atoms with E-state index in [9.17, 15) is 9.18 Å². The van der Waals surface area contributed by atoms with Crippen LogP contribution >= 0.6 is 22.7 Å². The predicted octanol–water partition coefficient (Wildman–Crippen LogP) is 2.80. The van der Waals surface area contributed by atoms with E-state index < -0.39 is 6.04 Å². The largest absolute Gasteiger partial charge is 0.348 e. The zero-order valence-corrected chi connectivity index (χ0v) is 14.9. The molecule has 0 aliphatic carbocycles. The maximum atomic E-state index is 14.1. The molecule has 4 aromatic rings. The van der Waals surface area contributed by atoms with Crippen molar-refractivity contribution in [3.05, 3.63) is 57.3 Å². The lowest BCUT2D eigenvalue weighted by molar-refractivity contribution is 0.0689. The summed E-state index contributed by atoms with van der Waals surface area (Å²) in [7, 11) is 0. The van der Waals surface area contributed by atoms with Gasteiger partial charge in [0.05, 0.1) is 16.7 Å². The van der Waals surface area contributed by atoms with Crippen LogP contribution in [0, 0.1) is 5.82 Å². The summed E-state index contributed by atoms with van der Waals surface area (Å²) < 4.78 is 14.8. The van der Waals surface area contributed by atoms with Gasteiger partial charge in [-0.05, 0) is 12.1 Å². The Morgan fingerprint density at radius 2 is 2.31 bits per heavy atom. The molecule has 3 aromatic heterocycles. The van der Waals surface area contributed by atoms with Gasteiger partial charge < -0.3 is 9.88 Å². The monoisotopic (exact) mass is 386 g/mol. The van der Waals surface area contributed by atoms with Crippen LogP contribution in [0.3, 0.4) is 0 Å². The summed E-state index contributed by atoms with van der Waals surface area (Å²) in [6, 6.07) is 4.39. The molecule has 26 heavy (non-hydrogen) atoms. The molecule has 0 saturated carbocycles. The van der Waals surface area contributed by atoms with Crippen LogP contribution < -0.4 is 0 Å². The van der Waals surface area contributed by atoms with Gasteiger partial charge in [-0.15, -0.1) is 21.5 Å². The summed E-state index contributed by atoms with van der Waals surface area (Å²) in [6.45, 7) is 0.497. The Morgan fingerprint density at radius 1 is 1.38 bits per heavy atom. The molecule has 1 aromatic carbocycles. The highest BCUT2D eigenvalue weighted by Crippen LogP contribution is 2.38. The third-order valence-electron chi connectivity index (χ3n) is 4.35. The van der Waals surface area contributed by atoms with Crippen molar-refractivity contribution in [3.8, 4) is 0 Å². The van der Waals surface area contributed by atoms with Crippen LogP contribution in [-0.2, 0) is 6.42 Å². The molecule has 4 heterocycles. The van der Waals surface area contributed by atoms with Gasteiger partial charge in [-0.1, -0.05) is 17.4 Å². The minimum Gasteiger partial charge on any atom is -0.348 e. The third-order valence-corrected chi connectivity index (χ3v) is 6.10. The number of aromatic nitrogens is 5. The van der Waals surface area contributed by atoms with Crippen molar-refractivity contribution in [2.24, 2.45) is 0 Å². The van der Waals surface area contributed by atoms with Gasteiger partial charge in [0, 0.05) is 18.7 Å². The summed E-state index contributed by atoms with van der Waals surface area (Å²) in [4.78, 5) is 26.7. The van der Waals surface area contributed by atoms with Gasteiger partial charge in [-0.3, -0.25) is 4.79 Å². The Morgan fingerprint density at radius 3 is 3.12 bits per heavy atom. The number of carbonyl (C=O) groups excluding carboxylic acids is 1. The first-order valence-corrected chi connectivity index (χ1v) is 9.56. The number of amides is 1. The number of hydrogen-bond donors (Lipinski definition) is 1. The van der Waals surface area contributed by atoms with Gasteiger partial charge in [-0.25, -0.2) is 14.4 Å². The second kappa shape index (κ2) is 5.92. The molecule has 1 N–H and O–H groups in total. The lowest BCUT2D eigenvalue weighted by Gasteiger charge is -2.33. The van der Waals surface area contributed by atoms with E-state index in [4.69, 9.17) is 0 Å². The summed E-state index contributed by atoms with van der Waals surface area (Å²) in [5, 5.41) is 8.60. The smallest absolute Gasteiger partial charge is 0.285 e. The highest BCUT2D eigenvalue weighted by molar-refractivity contribution is 7.18. The van der Waals surface area contributed by atoms with Crippen LogP contribution in [0.5, 0.6) is 0 Å². The van der Waals surface area contributed by atoms with Crippen molar-refractivity contribution in [1.82, 2.24) is 30.0 Å². The van der Waals surface area contributed by atoms with Gasteiger partial charge in [0.15, 0.2) is 0 Å². The first-order chi connectivity index (χ1) is 12.7. The van der Waals surface area contributed by atoms with Crippen molar-refractivity contribution in [2.45, 2.75) is 12.5 Å². The molecule has 0 unspecified atom stereocenters. The molecular formula is C16H11FN6OS2. The second-order valence-electron chi connectivity index (χ2n) is 5.80. The van der Waals surface area contributed by atoms with E-state index in [1.54, 1.807) is 17.3 Å². The highest BCUT2D eigenvalue weighted by atomic mass is 32.1. The van der Waals surface area contributed by atoms with Gasteiger partial charge in [0.25, 0.3) is 5.91 Å². The minimum absolute atomic E-state index is 0.217. The van der Waals surface area contributed by atoms with Gasteiger partial charge >= 0.3 is 0 Å². The van der Waals surface area contributed by atoms with Crippen molar-refractivity contribution in [1.29, 1.82) is 0 Å². The first kappa shape index (κ1) is 15.5. The average Bonchev–Trinajstić information content (AvgIpc) is 3.39. The normalized spacial score (nSPS) is 16.8. The Hall–Kier alpha value is -2.72. The van der Waals surface area contributed by atoms with Crippen LogP contribution in [0.15, 0.2) is 30.0 Å². The van der Waals surface area contributed by atoms with Gasteiger partial charge in [-0.2, -0.15) is 0 Å². The maximum Gasteiger partial charge on any atom is 0.285 e. The number of H-pyrrole nitrogens is 1. The number of rotatable bonds is 2. The molecule has 1 aliphatic rings. The third kappa shape index (κ3) is 2.33. The molecule has 1 amide bonds. The fourth-order valence-electron chi connectivity index (χ4n) is 3.18. The maximum absolute atomic E-state index is 14.1. The van der Waals surface area contributed by atoms with Crippen LogP contribution in [0.2, 0.25) is 0 Å². The Kier molecular flexibility index (Phi) is 3.54. The SMILES string of the molecule is O=C(c1nncs1)N1CCc2[nH]cnc2[C@H]1c1nc2c(F)cccc2s1. The van der Waals surface area contributed by atoms with Crippen molar-refractivity contribution >= 4 is 38.8 Å². The zero-order valence-electron chi connectivity index (χ0n) is 13.2. The van der Waals surface area contributed by atoms with Crippen LogP contribution in [0.25, 0.3) is 10.2 Å². The molecule has 0 saturated heterocycles. The van der Waals surface area contributed by atoms with Crippen LogP contribution in [0.1, 0.15) is 32.2 Å². The molecule has 0 bridgehead atoms. The molecular weight excluding hydrogens is 375 g/mol. The van der Waals surface area contributed by atoms with E-state index in [1.165, 1.54) is 34.3 Å². The minimum atomic E-state index is -0.474. The fraction of sp³-hybridized carbons (Fsp3) is 0.188. The number of hydrogen-bond acceptors (Lipinski definition) is 7.